The third-order valence-electron chi connectivity index (χ3n) is 6.15. The molecule has 0 saturated heterocycles. The van der Waals surface area contributed by atoms with Crippen LogP contribution in [-0.2, 0) is 29.2 Å². The number of H-pyrrole nitrogens is 1. The molecule has 0 aliphatic heterocycles. The van der Waals surface area contributed by atoms with Crippen molar-refractivity contribution in [1.82, 2.24) is 30.1 Å². The van der Waals surface area contributed by atoms with Gasteiger partial charge in [-0.15, -0.1) is 5.10 Å². The zero-order valence-corrected chi connectivity index (χ0v) is 21.7. The molecule has 200 valence electrons. The minimum Gasteiger partial charge on any atom is -0.494 e. The average Bonchev–Trinajstić information content (AvgIpc) is 3.34. The van der Waals surface area contributed by atoms with Crippen LogP contribution in [-0.4, -0.2) is 49.3 Å². The number of aromatic amines is 1. The summed E-state index contributed by atoms with van der Waals surface area (Å²) in [5.41, 5.74) is 1.88. The van der Waals surface area contributed by atoms with Gasteiger partial charge in [0.2, 0.25) is 0 Å². The third-order valence-corrected chi connectivity index (χ3v) is 6.15. The lowest BCUT2D eigenvalue weighted by Gasteiger charge is -2.30. The zero-order chi connectivity index (χ0) is 27.1. The summed E-state index contributed by atoms with van der Waals surface area (Å²) in [5, 5.41) is 12.8. The molecule has 0 amide bonds. The predicted octanol–water partition coefficient (Wildman–Crippen LogP) is 3.77. The summed E-state index contributed by atoms with van der Waals surface area (Å²) in [6.45, 7) is 6.92. The van der Waals surface area contributed by atoms with Gasteiger partial charge in [0.25, 0.3) is 5.56 Å². The lowest BCUT2D eigenvalue weighted by Crippen LogP contribution is -2.33. The van der Waals surface area contributed by atoms with Crippen LogP contribution in [0.5, 0.6) is 5.75 Å². The molecule has 0 fully saturated rings. The Morgan fingerprint density at radius 1 is 1.08 bits per heavy atom. The van der Waals surface area contributed by atoms with Crippen molar-refractivity contribution >= 4 is 16.9 Å². The summed E-state index contributed by atoms with van der Waals surface area (Å²) in [6, 6.07) is 13.2. The molecule has 0 spiro atoms. The van der Waals surface area contributed by atoms with Gasteiger partial charge in [0.05, 0.1) is 19.3 Å². The Labute approximate surface area is 219 Å². The molecule has 2 heterocycles. The molecule has 2 aromatic heterocycles. The quantitative estimate of drug-likeness (QED) is 0.280. The van der Waals surface area contributed by atoms with Crippen LogP contribution in [0.4, 0.5) is 4.39 Å². The largest absolute Gasteiger partial charge is 0.494 e. The van der Waals surface area contributed by atoms with Gasteiger partial charge in [0, 0.05) is 29.6 Å². The minimum atomic E-state index is -0.447. The maximum absolute atomic E-state index is 13.6. The van der Waals surface area contributed by atoms with Crippen molar-refractivity contribution in [3.05, 3.63) is 81.7 Å². The normalized spacial score (nSPS) is 12.1. The SMILES string of the molecule is CCOC(=O)Cn1nnnc1[C@H](CC)N(Cc1ccc(F)cc1)Cc1cc2cc(OCC)ccc2[nH]c1=O. The Hall–Kier alpha value is -4.12. The number of aromatic nitrogens is 5. The predicted molar refractivity (Wildman–Crippen MR) is 139 cm³/mol. The monoisotopic (exact) mass is 522 g/mol. The minimum absolute atomic E-state index is 0.131. The van der Waals surface area contributed by atoms with Gasteiger partial charge in [0.1, 0.15) is 18.1 Å². The van der Waals surface area contributed by atoms with Gasteiger partial charge in [0.15, 0.2) is 5.82 Å². The molecule has 1 atom stereocenters. The van der Waals surface area contributed by atoms with Gasteiger partial charge >= 0.3 is 5.97 Å². The highest BCUT2D eigenvalue weighted by atomic mass is 19.1. The highest BCUT2D eigenvalue weighted by Crippen LogP contribution is 2.27. The zero-order valence-electron chi connectivity index (χ0n) is 21.7. The number of nitrogens with one attached hydrogen (secondary N) is 1. The van der Waals surface area contributed by atoms with E-state index in [1.807, 2.05) is 43.0 Å². The van der Waals surface area contributed by atoms with E-state index in [9.17, 15) is 14.0 Å². The van der Waals surface area contributed by atoms with Crippen molar-refractivity contribution in [3.63, 3.8) is 0 Å². The number of rotatable bonds is 12. The highest BCUT2D eigenvalue weighted by Gasteiger charge is 2.27. The summed E-state index contributed by atoms with van der Waals surface area (Å²) in [6.07, 6.45) is 0.588. The van der Waals surface area contributed by atoms with E-state index in [-0.39, 0.29) is 37.1 Å². The Bertz CT molecular complexity index is 1440. The number of hydrogen-bond acceptors (Lipinski definition) is 8. The van der Waals surface area contributed by atoms with E-state index in [2.05, 4.69) is 20.5 Å². The fraction of sp³-hybridized carbons (Fsp3) is 0.370. The number of tetrazole rings is 1. The molecule has 4 aromatic rings. The van der Waals surface area contributed by atoms with E-state index in [4.69, 9.17) is 9.47 Å². The summed E-state index contributed by atoms with van der Waals surface area (Å²) in [4.78, 5) is 30.2. The number of carbonyl (C=O) groups is 1. The first-order valence-electron chi connectivity index (χ1n) is 12.6. The van der Waals surface area contributed by atoms with Gasteiger partial charge < -0.3 is 14.5 Å². The van der Waals surface area contributed by atoms with Gasteiger partial charge in [-0.2, -0.15) is 0 Å². The van der Waals surface area contributed by atoms with E-state index >= 15 is 0 Å². The van der Waals surface area contributed by atoms with Crippen LogP contribution in [0.15, 0.2) is 53.3 Å². The number of pyridine rings is 1. The lowest BCUT2D eigenvalue weighted by molar-refractivity contribution is -0.144. The number of ether oxygens (including phenoxy) is 2. The van der Waals surface area contributed by atoms with Gasteiger partial charge in [-0.25, -0.2) is 9.07 Å². The number of esters is 1. The molecule has 0 radical (unpaired) electrons. The van der Waals surface area contributed by atoms with Crippen LogP contribution >= 0.6 is 0 Å². The van der Waals surface area contributed by atoms with Crippen molar-refractivity contribution in [1.29, 1.82) is 0 Å². The first-order valence-corrected chi connectivity index (χ1v) is 12.6. The second-order valence-electron chi connectivity index (χ2n) is 8.76. The fourth-order valence-electron chi connectivity index (χ4n) is 4.42. The van der Waals surface area contributed by atoms with E-state index in [1.54, 1.807) is 19.1 Å². The van der Waals surface area contributed by atoms with Gasteiger partial charge in [-0.05, 0) is 72.7 Å². The van der Waals surface area contributed by atoms with Gasteiger partial charge in [-0.1, -0.05) is 19.1 Å². The maximum atomic E-state index is 13.6. The van der Waals surface area contributed by atoms with Crippen LogP contribution in [0.2, 0.25) is 0 Å². The summed E-state index contributed by atoms with van der Waals surface area (Å²) >= 11 is 0. The molecule has 0 aliphatic rings. The topological polar surface area (TPSA) is 115 Å². The average molecular weight is 523 g/mol. The number of fused-ring (bicyclic) bond motifs is 1. The molecule has 0 saturated carbocycles. The lowest BCUT2D eigenvalue weighted by atomic mass is 10.1. The van der Waals surface area contributed by atoms with Crippen LogP contribution in [0, 0.1) is 5.82 Å². The highest BCUT2D eigenvalue weighted by molar-refractivity contribution is 5.80. The number of nitrogens with zero attached hydrogens (tertiary/aromatic N) is 5. The fourth-order valence-corrected chi connectivity index (χ4v) is 4.42. The maximum Gasteiger partial charge on any atom is 0.327 e. The smallest absolute Gasteiger partial charge is 0.327 e. The molecular formula is C27H31FN6O4. The summed E-state index contributed by atoms with van der Waals surface area (Å²) in [7, 11) is 0. The molecule has 0 unspecified atom stereocenters. The Morgan fingerprint density at radius 3 is 2.58 bits per heavy atom. The summed E-state index contributed by atoms with van der Waals surface area (Å²) < 4.78 is 25.7. The van der Waals surface area contributed by atoms with E-state index < -0.39 is 5.97 Å². The first kappa shape index (κ1) is 26.9. The Balaban J connectivity index is 1.72. The van der Waals surface area contributed by atoms with Crippen molar-refractivity contribution in [2.75, 3.05) is 13.2 Å². The van der Waals surface area contributed by atoms with Crippen molar-refractivity contribution in [2.24, 2.45) is 0 Å². The molecule has 0 bridgehead atoms. The number of benzene rings is 2. The van der Waals surface area contributed by atoms with E-state index in [1.165, 1.54) is 16.8 Å². The molecule has 10 nitrogen and oxygen atoms in total. The molecule has 11 heteroatoms. The van der Waals surface area contributed by atoms with Crippen molar-refractivity contribution in [2.45, 2.75) is 52.9 Å². The number of hydrogen-bond donors (Lipinski definition) is 1. The molecule has 0 aliphatic carbocycles. The third kappa shape index (κ3) is 6.41. The van der Waals surface area contributed by atoms with E-state index in [0.29, 0.717) is 42.2 Å². The Kier molecular flexibility index (Phi) is 8.80. The van der Waals surface area contributed by atoms with Crippen molar-refractivity contribution in [3.8, 4) is 5.75 Å². The number of halogens is 1. The van der Waals surface area contributed by atoms with Gasteiger partial charge in [-0.3, -0.25) is 14.5 Å². The van der Waals surface area contributed by atoms with Crippen LogP contribution in [0.25, 0.3) is 10.9 Å². The molecule has 1 N–H and O–H groups in total. The Morgan fingerprint density at radius 2 is 1.87 bits per heavy atom. The molecule has 4 rings (SSSR count). The molecule has 38 heavy (non-hydrogen) atoms. The second-order valence-corrected chi connectivity index (χ2v) is 8.76. The van der Waals surface area contributed by atoms with E-state index in [0.717, 1.165) is 10.9 Å². The molecule has 2 aromatic carbocycles. The summed E-state index contributed by atoms with van der Waals surface area (Å²) in [5.74, 6) is 0.406. The van der Waals surface area contributed by atoms with Crippen LogP contribution in [0.3, 0.4) is 0 Å². The standard InChI is InChI=1S/C27H31FN6O4/c1-4-24(26-30-31-32-34(26)17-25(35)38-6-3)33(15-18-7-9-21(28)10-8-18)16-20-13-19-14-22(37-5-2)11-12-23(19)29-27(20)36/h7-14,24H,4-6,15-17H2,1-3H3,(H,29,36)/t24-/m0/s1. The van der Waals surface area contributed by atoms with Crippen LogP contribution in [0.1, 0.15) is 50.2 Å². The molecular weight excluding hydrogens is 491 g/mol. The first-order chi connectivity index (χ1) is 18.4. The second kappa shape index (κ2) is 12.4. The number of carbonyl (C=O) groups excluding carboxylic acids is 1. The van der Waals surface area contributed by atoms with Crippen LogP contribution < -0.4 is 10.3 Å². The van der Waals surface area contributed by atoms with Crippen molar-refractivity contribution < 1.29 is 18.7 Å².